The highest BCUT2D eigenvalue weighted by atomic mass is 32.2. The summed E-state index contributed by atoms with van der Waals surface area (Å²) in [6, 6.07) is 2.57. The van der Waals surface area contributed by atoms with Crippen LogP contribution >= 0.6 is 11.3 Å². The van der Waals surface area contributed by atoms with E-state index in [4.69, 9.17) is 10.9 Å². The minimum absolute atomic E-state index is 0.112. The normalized spacial score (nSPS) is 16.4. The number of aromatic nitrogens is 1. The molecule has 3 atom stereocenters. The number of nitrogens with one attached hydrogen (secondary N) is 1. The average molecular weight is 444 g/mol. The molecule has 0 aliphatic carbocycles. The monoisotopic (exact) mass is 443 g/mol. The topological polar surface area (TPSA) is 127 Å². The fourth-order valence-electron chi connectivity index (χ4n) is 2.90. The van der Waals surface area contributed by atoms with E-state index in [-0.39, 0.29) is 10.1 Å². The van der Waals surface area contributed by atoms with Crippen molar-refractivity contribution in [2.24, 2.45) is 15.2 Å². The number of benzene rings is 1. The fraction of sp³-hybridized carbons (Fsp3) is 0.526. The minimum atomic E-state index is -3.26. The van der Waals surface area contributed by atoms with Crippen molar-refractivity contribution in [1.29, 1.82) is 0 Å². The van der Waals surface area contributed by atoms with E-state index in [0.29, 0.717) is 16.3 Å². The standard InChI is InChI=1S/C19H30FN5O2S2/c1-10(2)13-7-8-14(20)16(11(3)21)17(13)24-12(4)25-29(22,27)15-9-23-18(28-15)19(5,6)26/h7-12,24,26H,21H2,1-6H3,(H2,22,25,27). The number of halogens is 1. The molecule has 0 saturated carbocycles. The first kappa shape index (κ1) is 23.7. The van der Waals surface area contributed by atoms with Crippen LogP contribution in [0.25, 0.3) is 0 Å². The summed E-state index contributed by atoms with van der Waals surface area (Å²) in [5.74, 6) is -0.300. The first-order chi connectivity index (χ1) is 13.2. The highest BCUT2D eigenvalue weighted by molar-refractivity contribution is 7.93. The van der Waals surface area contributed by atoms with Crippen LogP contribution in [-0.2, 0) is 15.5 Å². The van der Waals surface area contributed by atoms with Gasteiger partial charge in [-0.3, -0.25) is 0 Å². The van der Waals surface area contributed by atoms with Gasteiger partial charge in [0.15, 0.2) is 0 Å². The molecule has 0 aliphatic rings. The third-order valence-corrected chi connectivity index (χ3v) is 7.65. The zero-order valence-corrected chi connectivity index (χ0v) is 19.2. The number of aliphatic hydroxyl groups is 1. The van der Waals surface area contributed by atoms with Gasteiger partial charge in [-0.25, -0.2) is 18.7 Å². The van der Waals surface area contributed by atoms with E-state index >= 15 is 0 Å². The Morgan fingerprint density at radius 1 is 1.31 bits per heavy atom. The first-order valence-corrected chi connectivity index (χ1v) is 11.7. The van der Waals surface area contributed by atoms with Crippen LogP contribution in [0.1, 0.15) is 69.6 Å². The zero-order chi connectivity index (χ0) is 22.1. The van der Waals surface area contributed by atoms with Crippen LogP contribution in [0.5, 0.6) is 0 Å². The second-order valence-electron chi connectivity index (χ2n) is 7.91. The van der Waals surface area contributed by atoms with E-state index in [9.17, 15) is 13.7 Å². The summed E-state index contributed by atoms with van der Waals surface area (Å²) in [6.07, 6.45) is 0.683. The van der Waals surface area contributed by atoms with Gasteiger partial charge in [0.25, 0.3) is 0 Å². The first-order valence-electron chi connectivity index (χ1n) is 9.31. The lowest BCUT2D eigenvalue weighted by Crippen LogP contribution is -2.23. The molecule has 29 heavy (non-hydrogen) atoms. The molecule has 7 nitrogen and oxygen atoms in total. The van der Waals surface area contributed by atoms with Crippen molar-refractivity contribution < 1.29 is 13.7 Å². The van der Waals surface area contributed by atoms with E-state index in [0.717, 1.165) is 16.9 Å². The zero-order valence-electron chi connectivity index (χ0n) is 17.6. The molecule has 0 aliphatic heterocycles. The molecule has 2 rings (SSSR count). The van der Waals surface area contributed by atoms with Crippen LogP contribution in [0, 0.1) is 5.82 Å². The van der Waals surface area contributed by atoms with Crippen molar-refractivity contribution in [3.05, 3.63) is 40.3 Å². The van der Waals surface area contributed by atoms with Gasteiger partial charge in [-0.05, 0) is 45.2 Å². The molecule has 0 fully saturated rings. The average Bonchev–Trinajstić information content (AvgIpc) is 3.04. The number of nitrogens with zero attached hydrogens (tertiary/aromatic N) is 2. The molecule has 3 unspecified atom stereocenters. The summed E-state index contributed by atoms with van der Waals surface area (Å²) in [7, 11) is -3.26. The molecular weight excluding hydrogens is 413 g/mol. The van der Waals surface area contributed by atoms with Crippen molar-refractivity contribution >= 4 is 26.9 Å². The highest BCUT2D eigenvalue weighted by Gasteiger charge is 2.24. The third kappa shape index (κ3) is 5.52. The lowest BCUT2D eigenvalue weighted by atomic mass is 9.94. The molecule has 0 amide bonds. The lowest BCUT2D eigenvalue weighted by molar-refractivity contribution is 0.0783. The smallest absolute Gasteiger partial charge is 0.148 e. The Bertz CT molecular complexity index is 989. The molecule has 1 aromatic carbocycles. The molecule has 1 aromatic heterocycles. The van der Waals surface area contributed by atoms with E-state index in [1.54, 1.807) is 33.8 Å². The van der Waals surface area contributed by atoms with Crippen LogP contribution < -0.4 is 16.2 Å². The van der Waals surface area contributed by atoms with Gasteiger partial charge in [-0.2, -0.15) is 4.36 Å². The van der Waals surface area contributed by atoms with Crippen LogP contribution in [0.2, 0.25) is 0 Å². The summed E-state index contributed by atoms with van der Waals surface area (Å²) in [5.41, 5.74) is 6.61. The Morgan fingerprint density at radius 2 is 1.93 bits per heavy atom. The second-order valence-corrected chi connectivity index (χ2v) is 11.0. The van der Waals surface area contributed by atoms with Gasteiger partial charge in [0.2, 0.25) is 0 Å². The molecule has 0 saturated heterocycles. The Labute approximate surface area is 176 Å². The Hall–Kier alpha value is -1.59. The SMILES string of the molecule is CC(N=S(N)(=O)c1cnc(C(C)(C)O)s1)Nc1c(C(C)C)ccc(F)c1C(C)N. The van der Waals surface area contributed by atoms with Crippen molar-refractivity contribution in [3.8, 4) is 0 Å². The number of nitrogens with two attached hydrogens (primary N) is 2. The van der Waals surface area contributed by atoms with Gasteiger partial charge in [0.05, 0.1) is 6.20 Å². The Morgan fingerprint density at radius 3 is 2.41 bits per heavy atom. The summed E-state index contributed by atoms with van der Waals surface area (Å²) in [4.78, 5) is 4.09. The summed E-state index contributed by atoms with van der Waals surface area (Å²) >= 11 is 1.05. The van der Waals surface area contributed by atoms with Crippen molar-refractivity contribution in [1.82, 2.24) is 4.98 Å². The predicted molar refractivity (Wildman–Crippen MR) is 117 cm³/mol. The van der Waals surface area contributed by atoms with Gasteiger partial charge in [-0.15, -0.1) is 11.3 Å². The maximum Gasteiger partial charge on any atom is 0.148 e. The Balaban J connectivity index is 2.44. The van der Waals surface area contributed by atoms with Gasteiger partial charge in [0.1, 0.15) is 36.7 Å². The van der Waals surface area contributed by atoms with Crippen molar-refractivity contribution in [2.45, 2.75) is 69.5 Å². The predicted octanol–water partition coefficient (Wildman–Crippen LogP) is 3.81. The fourth-order valence-corrected chi connectivity index (χ4v) is 5.22. The van der Waals surface area contributed by atoms with Gasteiger partial charge in [0, 0.05) is 17.3 Å². The molecule has 0 bridgehead atoms. The van der Waals surface area contributed by atoms with E-state index in [1.807, 2.05) is 13.8 Å². The summed E-state index contributed by atoms with van der Waals surface area (Å²) in [6.45, 7) is 10.5. The van der Waals surface area contributed by atoms with E-state index in [1.165, 1.54) is 12.3 Å². The molecule has 0 radical (unpaired) electrons. The van der Waals surface area contributed by atoms with Crippen molar-refractivity contribution in [2.75, 3.05) is 5.32 Å². The molecule has 6 N–H and O–H groups in total. The lowest BCUT2D eigenvalue weighted by Gasteiger charge is -2.23. The number of thiazole rings is 1. The van der Waals surface area contributed by atoms with Gasteiger partial charge < -0.3 is 16.2 Å². The second kappa shape index (κ2) is 8.65. The molecule has 1 heterocycles. The molecule has 2 aromatic rings. The highest BCUT2D eigenvalue weighted by Crippen LogP contribution is 2.34. The third-order valence-electron chi connectivity index (χ3n) is 4.27. The molecule has 10 heteroatoms. The molecule has 162 valence electrons. The number of hydrogen-bond acceptors (Lipinski definition) is 7. The minimum Gasteiger partial charge on any atom is -0.383 e. The number of anilines is 1. The van der Waals surface area contributed by atoms with Gasteiger partial charge >= 0.3 is 0 Å². The van der Waals surface area contributed by atoms with Crippen LogP contribution in [0.15, 0.2) is 26.9 Å². The van der Waals surface area contributed by atoms with Crippen LogP contribution in [-0.4, -0.2) is 20.5 Å². The quantitative estimate of drug-likeness (QED) is 0.517. The number of hydrogen-bond donors (Lipinski definition) is 4. The molecular formula is C19H30FN5O2S2. The van der Waals surface area contributed by atoms with Crippen LogP contribution in [0.3, 0.4) is 0 Å². The van der Waals surface area contributed by atoms with Gasteiger partial charge in [-0.1, -0.05) is 19.9 Å². The Kier molecular flexibility index (Phi) is 7.06. The van der Waals surface area contributed by atoms with E-state index in [2.05, 4.69) is 14.7 Å². The maximum atomic E-state index is 14.4. The van der Waals surface area contributed by atoms with Crippen molar-refractivity contribution in [3.63, 3.8) is 0 Å². The van der Waals surface area contributed by atoms with E-state index < -0.39 is 33.5 Å². The largest absolute Gasteiger partial charge is 0.383 e. The maximum absolute atomic E-state index is 14.4. The molecule has 0 spiro atoms. The summed E-state index contributed by atoms with van der Waals surface area (Å²) in [5, 5.41) is 19.6. The number of rotatable bonds is 7. The van der Waals surface area contributed by atoms with Crippen LogP contribution in [0.4, 0.5) is 10.1 Å². The summed E-state index contributed by atoms with van der Waals surface area (Å²) < 4.78 is 31.9.